The van der Waals surface area contributed by atoms with Crippen molar-refractivity contribution in [2.75, 3.05) is 23.3 Å². The van der Waals surface area contributed by atoms with Crippen LogP contribution < -0.4 is 15.5 Å². The van der Waals surface area contributed by atoms with Gasteiger partial charge < -0.3 is 10.6 Å². The van der Waals surface area contributed by atoms with Crippen LogP contribution in [-0.4, -0.2) is 30.0 Å². The van der Waals surface area contributed by atoms with Crippen LogP contribution in [0.4, 0.5) is 16.2 Å². The lowest BCUT2D eigenvalue weighted by Gasteiger charge is -2.28. The number of anilines is 2. The summed E-state index contributed by atoms with van der Waals surface area (Å²) in [4.78, 5) is 32.0. The molecule has 0 aliphatic carbocycles. The number of amides is 3. The molecule has 2 heterocycles. The van der Waals surface area contributed by atoms with Crippen molar-refractivity contribution in [1.29, 1.82) is 0 Å². The fourth-order valence-corrected chi connectivity index (χ4v) is 5.25. The van der Waals surface area contributed by atoms with Crippen molar-refractivity contribution in [2.45, 2.75) is 18.8 Å². The zero-order chi connectivity index (χ0) is 22.8. The van der Waals surface area contributed by atoms with E-state index in [0.717, 1.165) is 26.5 Å². The number of nitrogens with zero attached hydrogens (tertiary/aromatic N) is 2. The van der Waals surface area contributed by atoms with Gasteiger partial charge in [0, 0.05) is 30.9 Å². The van der Waals surface area contributed by atoms with Crippen LogP contribution in [0.5, 0.6) is 0 Å². The molecule has 1 aliphatic heterocycles. The van der Waals surface area contributed by atoms with Gasteiger partial charge in [0.1, 0.15) is 0 Å². The topological polar surface area (TPSA) is 74.3 Å². The van der Waals surface area contributed by atoms with Gasteiger partial charge in [-0.2, -0.15) is 0 Å². The maximum absolute atomic E-state index is 13.6. The van der Waals surface area contributed by atoms with Crippen molar-refractivity contribution in [3.05, 3.63) is 89.4 Å². The third-order valence-corrected chi connectivity index (χ3v) is 7.09. The molecule has 3 aromatic carbocycles. The number of carbonyl (C=O) groups is 2. The van der Waals surface area contributed by atoms with Gasteiger partial charge in [-0.1, -0.05) is 42.5 Å². The van der Waals surface area contributed by atoms with Crippen molar-refractivity contribution >= 4 is 44.9 Å². The van der Waals surface area contributed by atoms with E-state index in [9.17, 15) is 9.59 Å². The van der Waals surface area contributed by atoms with Gasteiger partial charge in [-0.15, -0.1) is 11.3 Å². The minimum Gasteiger partial charge on any atom is -0.336 e. The highest BCUT2D eigenvalue weighted by molar-refractivity contribution is 7.18. The summed E-state index contributed by atoms with van der Waals surface area (Å²) in [6.07, 6.45) is 0.494. The number of aromatic nitrogens is 1. The number of hydrogen-bond donors (Lipinski definition) is 2. The Bertz CT molecular complexity index is 1270. The summed E-state index contributed by atoms with van der Waals surface area (Å²) in [5.41, 5.74) is 2.59. The number of benzene rings is 3. The maximum Gasteiger partial charge on any atom is 0.321 e. The quantitative estimate of drug-likeness (QED) is 0.430. The summed E-state index contributed by atoms with van der Waals surface area (Å²) in [6, 6.07) is 25.1. The fraction of sp³-hybridized carbons (Fsp3) is 0.192. The molecule has 0 saturated carbocycles. The van der Waals surface area contributed by atoms with E-state index >= 15 is 0 Å². The number of hydrogen-bond acceptors (Lipinski definition) is 4. The van der Waals surface area contributed by atoms with Crippen LogP contribution in [0.3, 0.4) is 0 Å². The molecule has 1 saturated heterocycles. The van der Waals surface area contributed by atoms with E-state index in [4.69, 9.17) is 4.98 Å². The smallest absolute Gasteiger partial charge is 0.321 e. The average Bonchev–Trinajstić information content (AvgIpc) is 3.45. The minimum atomic E-state index is -0.803. The Balaban J connectivity index is 1.41. The largest absolute Gasteiger partial charge is 0.336 e. The van der Waals surface area contributed by atoms with Crippen molar-refractivity contribution in [2.24, 2.45) is 0 Å². The molecule has 1 atom stereocenters. The third-order valence-electron chi connectivity index (χ3n) is 6.05. The summed E-state index contributed by atoms with van der Waals surface area (Å²) in [5, 5.41) is 6.81. The van der Waals surface area contributed by atoms with Crippen LogP contribution in [0, 0.1) is 0 Å². The Morgan fingerprint density at radius 1 is 1.06 bits per heavy atom. The molecule has 2 N–H and O–H groups in total. The number of para-hydroxylation sites is 1. The fourth-order valence-electron chi connectivity index (χ4n) is 4.13. The van der Waals surface area contributed by atoms with Crippen LogP contribution in [-0.2, 0) is 16.6 Å². The summed E-state index contributed by atoms with van der Waals surface area (Å²) in [7, 11) is 0. The van der Waals surface area contributed by atoms with Gasteiger partial charge in [0.2, 0.25) is 5.91 Å². The Labute approximate surface area is 196 Å². The molecule has 5 rings (SSSR count). The van der Waals surface area contributed by atoms with Gasteiger partial charge in [0.25, 0.3) is 0 Å². The molecule has 0 bridgehead atoms. The Morgan fingerprint density at radius 2 is 1.79 bits per heavy atom. The zero-order valence-electron chi connectivity index (χ0n) is 18.2. The number of thiazole rings is 1. The van der Waals surface area contributed by atoms with Crippen LogP contribution in [0.2, 0.25) is 0 Å². The standard InChI is InChI=1S/C26H24N4O2S/c1-26(18-7-3-2-4-8-18,17-23-29-21-9-5-6-10-22(21)33-23)24(31)28-19-11-13-20(14-12-19)30-16-15-27-25(30)32/h2-14H,15-17H2,1H3,(H,27,32)(H,28,31). The molecule has 7 heteroatoms. The first-order valence-electron chi connectivity index (χ1n) is 10.9. The molecule has 1 fully saturated rings. The van der Waals surface area contributed by atoms with Crippen molar-refractivity contribution in [3.63, 3.8) is 0 Å². The lowest BCUT2D eigenvalue weighted by atomic mass is 9.78. The van der Waals surface area contributed by atoms with E-state index in [-0.39, 0.29) is 11.9 Å². The first-order chi connectivity index (χ1) is 16.0. The number of fused-ring (bicyclic) bond motifs is 1. The van der Waals surface area contributed by atoms with E-state index in [2.05, 4.69) is 16.7 Å². The van der Waals surface area contributed by atoms with Gasteiger partial charge in [-0.3, -0.25) is 9.69 Å². The summed E-state index contributed by atoms with van der Waals surface area (Å²) >= 11 is 1.62. The van der Waals surface area contributed by atoms with E-state index in [1.165, 1.54) is 0 Å². The highest BCUT2D eigenvalue weighted by atomic mass is 32.1. The molecule has 0 spiro atoms. The van der Waals surface area contributed by atoms with Gasteiger partial charge in [0.15, 0.2) is 0 Å². The lowest BCUT2D eigenvalue weighted by molar-refractivity contribution is -0.121. The predicted molar refractivity (Wildman–Crippen MR) is 133 cm³/mol. The number of urea groups is 1. The average molecular weight is 457 g/mol. The predicted octanol–water partition coefficient (Wildman–Crippen LogP) is 4.97. The van der Waals surface area contributed by atoms with E-state index in [1.54, 1.807) is 16.2 Å². The SMILES string of the molecule is CC(Cc1nc2ccccc2s1)(C(=O)Nc1ccc(N2CCNC2=O)cc1)c1ccccc1. The van der Waals surface area contributed by atoms with Gasteiger partial charge in [0.05, 0.1) is 20.6 Å². The Hall–Kier alpha value is -3.71. The monoisotopic (exact) mass is 456 g/mol. The van der Waals surface area contributed by atoms with E-state index in [1.807, 2.05) is 79.7 Å². The first-order valence-corrected chi connectivity index (χ1v) is 11.7. The third kappa shape index (κ3) is 4.19. The molecule has 1 aliphatic rings. The number of carbonyl (C=O) groups excluding carboxylic acids is 2. The lowest BCUT2D eigenvalue weighted by Crippen LogP contribution is -2.39. The highest BCUT2D eigenvalue weighted by Crippen LogP contribution is 2.33. The molecule has 0 radical (unpaired) electrons. The number of nitrogens with one attached hydrogen (secondary N) is 2. The number of rotatable bonds is 6. The van der Waals surface area contributed by atoms with E-state index < -0.39 is 5.41 Å². The Morgan fingerprint density at radius 3 is 2.48 bits per heavy atom. The normalized spacial score (nSPS) is 15.3. The molecular formula is C26H24N4O2S. The Kier molecular flexibility index (Phi) is 5.56. The summed E-state index contributed by atoms with van der Waals surface area (Å²) in [5.74, 6) is -0.0976. The van der Waals surface area contributed by atoms with Crippen LogP contribution in [0.1, 0.15) is 17.5 Å². The highest BCUT2D eigenvalue weighted by Gasteiger charge is 2.36. The molecule has 3 amide bonds. The van der Waals surface area contributed by atoms with Crippen LogP contribution in [0.15, 0.2) is 78.9 Å². The molecule has 6 nitrogen and oxygen atoms in total. The van der Waals surface area contributed by atoms with Crippen LogP contribution >= 0.6 is 11.3 Å². The molecule has 4 aromatic rings. The molecule has 166 valence electrons. The summed E-state index contributed by atoms with van der Waals surface area (Å²) in [6.45, 7) is 3.24. The van der Waals surface area contributed by atoms with Crippen molar-refractivity contribution in [3.8, 4) is 0 Å². The van der Waals surface area contributed by atoms with Gasteiger partial charge >= 0.3 is 6.03 Å². The maximum atomic E-state index is 13.6. The van der Waals surface area contributed by atoms with Crippen LogP contribution in [0.25, 0.3) is 10.2 Å². The second-order valence-corrected chi connectivity index (χ2v) is 9.45. The van der Waals surface area contributed by atoms with Crippen molar-refractivity contribution < 1.29 is 9.59 Å². The molecule has 33 heavy (non-hydrogen) atoms. The van der Waals surface area contributed by atoms with Crippen molar-refractivity contribution in [1.82, 2.24) is 10.3 Å². The van der Waals surface area contributed by atoms with Gasteiger partial charge in [-0.05, 0) is 48.9 Å². The molecule has 1 unspecified atom stereocenters. The molecule has 1 aromatic heterocycles. The second-order valence-electron chi connectivity index (χ2n) is 8.33. The van der Waals surface area contributed by atoms with Gasteiger partial charge in [-0.25, -0.2) is 9.78 Å². The second kappa shape index (κ2) is 8.67. The zero-order valence-corrected chi connectivity index (χ0v) is 19.1. The minimum absolute atomic E-state index is 0.0976. The van der Waals surface area contributed by atoms with E-state index in [0.29, 0.717) is 25.2 Å². The first kappa shape index (κ1) is 21.2. The summed E-state index contributed by atoms with van der Waals surface area (Å²) < 4.78 is 1.12. The molecular weight excluding hydrogens is 432 g/mol.